The van der Waals surface area contributed by atoms with Gasteiger partial charge in [0.1, 0.15) is 5.82 Å². The Morgan fingerprint density at radius 2 is 1.88 bits per heavy atom. The number of carbonyl (C=O) groups excluding carboxylic acids is 1. The van der Waals surface area contributed by atoms with Crippen molar-refractivity contribution in [2.24, 2.45) is 5.92 Å². The Hall–Kier alpha value is -2.63. The summed E-state index contributed by atoms with van der Waals surface area (Å²) in [6.45, 7) is 6.65. The van der Waals surface area contributed by atoms with E-state index in [1.54, 1.807) is 18.6 Å². The first kappa shape index (κ1) is 17.2. The van der Waals surface area contributed by atoms with Crippen LogP contribution >= 0.6 is 0 Å². The highest BCUT2D eigenvalue weighted by Crippen LogP contribution is 2.20. The van der Waals surface area contributed by atoms with E-state index in [-0.39, 0.29) is 6.03 Å². The van der Waals surface area contributed by atoms with Gasteiger partial charge >= 0.3 is 6.03 Å². The average molecular weight is 339 g/mol. The summed E-state index contributed by atoms with van der Waals surface area (Å²) in [6.07, 6.45) is 7.30. The summed E-state index contributed by atoms with van der Waals surface area (Å²) in [5.41, 5.74) is 3.13. The summed E-state index contributed by atoms with van der Waals surface area (Å²) in [6, 6.07) is 5.91. The van der Waals surface area contributed by atoms with Crippen molar-refractivity contribution in [3.63, 3.8) is 0 Å². The van der Waals surface area contributed by atoms with Crippen LogP contribution < -0.4 is 15.5 Å². The lowest BCUT2D eigenvalue weighted by molar-refractivity contribution is 0.248. The number of nitrogens with one attached hydrogen (secondary N) is 2. The molecule has 2 amide bonds. The molecule has 1 fully saturated rings. The van der Waals surface area contributed by atoms with E-state index in [1.165, 1.54) is 0 Å². The first-order valence-corrected chi connectivity index (χ1v) is 8.74. The number of nitrogens with zero attached hydrogens (tertiary/aromatic N) is 3. The summed E-state index contributed by atoms with van der Waals surface area (Å²) >= 11 is 0. The second-order valence-corrected chi connectivity index (χ2v) is 6.71. The van der Waals surface area contributed by atoms with Gasteiger partial charge in [-0.1, -0.05) is 6.07 Å². The van der Waals surface area contributed by atoms with Crippen molar-refractivity contribution in [3.05, 3.63) is 47.9 Å². The summed E-state index contributed by atoms with van der Waals surface area (Å²) in [5.74, 6) is 1.43. The Kier molecular flexibility index (Phi) is 5.48. The second kappa shape index (κ2) is 7.96. The van der Waals surface area contributed by atoms with Gasteiger partial charge in [0.15, 0.2) is 0 Å². The van der Waals surface area contributed by atoms with Crippen LogP contribution in [0, 0.1) is 19.8 Å². The third-order valence-electron chi connectivity index (χ3n) is 4.52. The molecule has 0 spiro atoms. The fourth-order valence-corrected chi connectivity index (χ4v) is 3.28. The third kappa shape index (κ3) is 4.92. The molecular formula is C19H25N5O. The Morgan fingerprint density at radius 3 is 2.52 bits per heavy atom. The van der Waals surface area contributed by atoms with E-state index in [0.717, 1.165) is 48.6 Å². The number of benzene rings is 1. The van der Waals surface area contributed by atoms with Crippen LogP contribution in [0.5, 0.6) is 0 Å². The maximum atomic E-state index is 12.1. The molecule has 3 rings (SSSR count). The van der Waals surface area contributed by atoms with E-state index in [0.29, 0.717) is 12.5 Å². The molecule has 2 aromatic rings. The van der Waals surface area contributed by atoms with Gasteiger partial charge in [-0.2, -0.15) is 0 Å². The summed E-state index contributed by atoms with van der Waals surface area (Å²) in [4.78, 5) is 22.8. The lowest BCUT2D eigenvalue weighted by Crippen LogP contribution is -2.40. The standard InChI is InChI=1S/C19H25N5O/c1-14-9-15(2)11-17(10-14)23-19(25)22-12-16-3-7-24(8-4-16)18-13-20-5-6-21-18/h5-6,9-11,13,16H,3-4,7-8,12H2,1-2H3,(H2,22,23,25). The Morgan fingerprint density at radius 1 is 1.16 bits per heavy atom. The van der Waals surface area contributed by atoms with Crippen molar-refractivity contribution in [1.29, 1.82) is 0 Å². The number of amides is 2. The lowest BCUT2D eigenvalue weighted by Gasteiger charge is -2.32. The van der Waals surface area contributed by atoms with Crippen LogP contribution in [-0.4, -0.2) is 35.6 Å². The normalized spacial score (nSPS) is 15.0. The van der Waals surface area contributed by atoms with Crippen LogP contribution in [-0.2, 0) is 0 Å². The molecule has 0 atom stereocenters. The molecule has 0 saturated carbocycles. The van der Waals surface area contributed by atoms with Gasteiger partial charge in [-0.25, -0.2) is 9.78 Å². The zero-order valence-electron chi connectivity index (χ0n) is 14.8. The number of piperidine rings is 1. The van der Waals surface area contributed by atoms with Gasteiger partial charge in [0.25, 0.3) is 0 Å². The van der Waals surface area contributed by atoms with Crippen LogP contribution in [0.25, 0.3) is 0 Å². The van der Waals surface area contributed by atoms with Crippen molar-refractivity contribution in [2.45, 2.75) is 26.7 Å². The minimum atomic E-state index is -0.138. The number of carbonyl (C=O) groups is 1. The van der Waals surface area contributed by atoms with Gasteiger partial charge in [-0.3, -0.25) is 4.98 Å². The van der Waals surface area contributed by atoms with E-state index in [4.69, 9.17) is 0 Å². The molecule has 1 aromatic carbocycles. The quantitative estimate of drug-likeness (QED) is 0.898. The van der Waals surface area contributed by atoms with Crippen LogP contribution in [0.1, 0.15) is 24.0 Å². The molecule has 6 nitrogen and oxygen atoms in total. The zero-order valence-corrected chi connectivity index (χ0v) is 14.8. The average Bonchev–Trinajstić information content (AvgIpc) is 2.60. The molecule has 1 aliphatic rings. The smallest absolute Gasteiger partial charge is 0.319 e. The summed E-state index contributed by atoms with van der Waals surface area (Å²) < 4.78 is 0. The highest BCUT2D eigenvalue weighted by molar-refractivity contribution is 5.89. The highest BCUT2D eigenvalue weighted by atomic mass is 16.2. The third-order valence-corrected chi connectivity index (χ3v) is 4.52. The predicted octanol–water partition coefficient (Wildman–Crippen LogP) is 3.13. The molecular weight excluding hydrogens is 314 g/mol. The Labute approximate surface area is 148 Å². The molecule has 1 aliphatic heterocycles. The number of urea groups is 1. The zero-order chi connectivity index (χ0) is 17.6. The number of aromatic nitrogens is 2. The maximum Gasteiger partial charge on any atom is 0.319 e. The summed E-state index contributed by atoms with van der Waals surface area (Å²) in [7, 11) is 0. The minimum absolute atomic E-state index is 0.138. The van der Waals surface area contributed by atoms with Gasteiger partial charge in [0, 0.05) is 37.7 Å². The van der Waals surface area contributed by atoms with Crippen LogP contribution in [0.2, 0.25) is 0 Å². The molecule has 132 valence electrons. The van der Waals surface area contributed by atoms with E-state index >= 15 is 0 Å². The minimum Gasteiger partial charge on any atom is -0.355 e. The number of rotatable bonds is 4. The SMILES string of the molecule is Cc1cc(C)cc(NC(=O)NCC2CCN(c3cnccn3)CC2)c1. The number of aryl methyl sites for hydroxylation is 2. The van der Waals surface area contributed by atoms with Gasteiger partial charge in [0.2, 0.25) is 0 Å². The fraction of sp³-hybridized carbons (Fsp3) is 0.421. The number of hydrogen-bond acceptors (Lipinski definition) is 4. The second-order valence-electron chi connectivity index (χ2n) is 6.71. The monoisotopic (exact) mass is 339 g/mol. The van der Waals surface area contributed by atoms with Gasteiger partial charge in [-0.15, -0.1) is 0 Å². The van der Waals surface area contributed by atoms with Gasteiger partial charge in [0.05, 0.1) is 6.20 Å². The molecule has 0 aliphatic carbocycles. The fourth-order valence-electron chi connectivity index (χ4n) is 3.28. The molecule has 1 aromatic heterocycles. The molecule has 2 heterocycles. The van der Waals surface area contributed by atoms with Crippen LogP contribution in [0.4, 0.5) is 16.3 Å². The van der Waals surface area contributed by atoms with Crippen molar-refractivity contribution >= 4 is 17.5 Å². The van der Waals surface area contributed by atoms with Crippen molar-refractivity contribution in [3.8, 4) is 0 Å². The van der Waals surface area contributed by atoms with E-state index < -0.39 is 0 Å². The molecule has 0 unspecified atom stereocenters. The van der Waals surface area contributed by atoms with E-state index in [2.05, 4.69) is 31.6 Å². The largest absolute Gasteiger partial charge is 0.355 e. The van der Waals surface area contributed by atoms with Crippen molar-refractivity contribution in [1.82, 2.24) is 15.3 Å². The Balaban J connectivity index is 1.43. The van der Waals surface area contributed by atoms with E-state index in [1.807, 2.05) is 26.0 Å². The van der Waals surface area contributed by atoms with Crippen molar-refractivity contribution in [2.75, 3.05) is 29.9 Å². The Bertz CT molecular complexity index is 691. The lowest BCUT2D eigenvalue weighted by atomic mass is 9.97. The maximum absolute atomic E-state index is 12.1. The van der Waals surface area contributed by atoms with Crippen LogP contribution in [0.15, 0.2) is 36.8 Å². The molecule has 25 heavy (non-hydrogen) atoms. The molecule has 6 heteroatoms. The highest BCUT2D eigenvalue weighted by Gasteiger charge is 2.20. The van der Waals surface area contributed by atoms with Crippen LogP contribution in [0.3, 0.4) is 0 Å². The first-order valence-electron chi connectivity index (χ1n) is 8.74. The predicted molar refractivity (Wildman–Crippen MR) is 99.9 cm³/mol. The van der Waals surface area contributed by atoms with Crippen molar-refractivity contribution < 1.29 is 4.79 Å². The topological polar surface area (TPSA) is 70.2 Å². The summed E-state index contributed by atoms with van der Waals surface area (Å²) in [5, 5.41) is 5.92. The molecule has 0 radical (unpaired) electrons. The van der Waals surface area contributed by atoms with Gasteiger partial charge < -0.3 is 15.5 Å². The van der Waals surface area contributed by atoms with E-state index in [9.17, 15) is 4.79 Å². The van der Waals surface area contributed by atoms with Gasteiger partial charge in [-0.05, 0) is 55.9 Å². The molecule has 2 N–H and O–H groups in total. The first-order chi connectivity index (χ1) is 12.1. The molecule has 1 saturated heterocycles. The molecule has 0 bridgehead atoms. The number of hydrogen-bond donors (Lipinski definition) is 2. The number of anilines is 2.